The van der Waals surface area contributed by atoms with Crippen LogP contribution in [0.25, 0.3) is 0 Å². The van der Waals surface area contributed by atoms with Gasteiger partial charge >= 0.3 is 0 Å². The van der Waals surface area contributed by atoms with Crippen LogP contribution >= 0.6 is 11.6 Å². The molecule has 0 fully saturated rings. The van der Waals surface area contributed by atoms with E-state index in [9.17, 15) is 4.79 Å². The van der Waals surface area contributed by atoms with E-state index in [1.165, 1.54) is 0 Å². The fourth-order valence-electron chi connectivity index (χ4n) is 1.36. The average Bonchev–Trinajstić information content (AvgIpc) is 2.27. The van der Waals surface area contributed by atoms with E-state index in [0.717, 1.165) is 5.69 Å². The zero-order valence-corrected chi connectivity index (χ0v) is 11.6. The number of hydrogen-bond acceptors (Lipinski definition) is 2. The van der Waals surface area contributed by atoms with Crippen molar-refractivity contribution in [3.8, 4) is 12.3 Å². The van der Waals surface area contributed by atoms with Gasteiger partial charge in [-0.05, 0) is 12.1 Å². The Labute approximate surface area is 113 Å². The van der Waals surface area contributed by atoms with Crippen LogP contribution in [-0.2, 0) is 5.41 Å². The lowest BCUT2D eigenvalue weighted by atomic mass is 9.91. The van der Waals surface area contributed by atoms with Gasteiger partial charge in [-0.2, -0.15) is 0 Å². The molecule has 0 saturated heterocycles. The van der Waals surface area contributed by atoms with Crippen molar-refractivity contribution in [1.82, 2.24) is 10.3 Å². The molecule has 18 heavy (non-hydrogen) atoms. The standard InChI is InChI=1S/C14H17ClN2O/c1-5-6-7-16-13(18)10-8-11(14(2,3)4)17-12(15)9-10/h1,8-9H,6-7H2,2-4H3,(H,16,18). The lowest BCUT2D eigenvalue weighted by Gasteiger charge is -2.18. The summed E-state index contributed by atoms with van der Waals surface area (Å²) in [6, 6.07) is 3.32. The Bertz CT molecular complexity index is 484. The van der Waals surface area contributed by atoms with Crippen LogP contribution in [0.2, 0.25) is 5.15 Å². The van der Waals surface area contributed by atoms with Gasteiger partial charge in [-0.3, -0.25) is 4.79 Å². The number of aromatic nitrogens is 1. The molecule has 0 aliphatic rings. The van der Waals surface area contributed by atoms with E-state index in [4.69, 9.17) is 18.0 Å². The molecule has 0 radical (unpaired) electrons. The maximum Gasteiger partial charge on any atom is 0.251 e. The molecule has 4 heteroatoms. The minimum Gasteiger partial charge on any atom is -0.351 e. The van der Waals surface area contributed by atoms with Gasteiger partial charge < -0.3 is 5.32 Å². The third-order valence-electron chi connectivity index (χ3n) is 2.38. The molecule has 0 aromatic carbocycles. The Morgan fingerprint density at radius 1 is 1.50 bits per heavy atom. The van der Waals surface area contributed by atoms with Crippen molar-refractivity contribution in [2.24, 2.45) is 0 Å². The van der Waals surface area contributed by atoms with Gasteiger partial charge in [0.2, 0.25) is 0 Å². The van der Waals surface area contributed by atoms with Crippen molar-refractivity contribution in [2.45, 2.75) is 32.6 Å². The topological polar surface area (TPSA) is 42.0 Å². The van der Waals surface area contributed by atoms with Crippen LogP contribution < -0.4 is 5.32 Å². The number of terminal acetylenes is 1. The van der Waals surface area contributed by atoms with E-state index < -0.39 is 0 Å². The Hall–Kier alpha value is -1.53. The van der Waals surface area contributed by atoms with Crippen LogP contribution in [0.5, 0.6) is 0 Å². The van der Waals surface area contributed by atoms with Crippen LogP contribution in [-0.4, -0.2) is 17.4 Å². The van der Waals surface area contributed by atoms with Crippen molar-refractivity contribution in [3.05, 3.63) is 28.5 Å². The first kappa shape index (κ1) is 14.5. The number of carbonyl (C=O) groups excluding carboxylic acids is 1. The first-order chi connectivity index (χ1) is 8.34. The number of hydrogen-bond donors (Lipinski definition) is 1. The molecule has 0 bridgehead atoms. The first-order valence-corrected chi connectivity index (χ1v) is 6.12. The van der Waals surface area contributed by atoms with Crippen molar-refractivity contribution < 1.29 is 4.79 Å². The van der Waals surface area contributed by atoms with E-state index in [0.29, 0.717) is 23.7 Å². The molecule has 96 valence electrons. The minimum absolute atomic E-state index is 0.154. The molecule has 1 N–H and O–H groups in total. The van der Waals surface area contributed by atoms with E-state index in [1.54, 1.807) is 12.1 Å². The number of amides is 1. The molecule has 3 nitrogen and oxygen atoms in total. The lowest BCUT2D eigenvalue weighted by molar-refractivity contribution is 0.0954. The fourth-order valence-corrected chi connectivity index (χ4v) is 1.57. The van der Waals surface area contributed by atoms with Crippen LogP contribution in [0, 0.1) is 12.3 Å². The second kappa shape index (κ2) is 5.88. The van der Waals surface area contributed by atoms with Crippen molar-refractivity contribution in [3.63, 3.8) is 0 Å². The zero-order chi connectivity index (χ0) is 13.8. The number of pyridine rings is 1. The molecule has 0 spiro atoms. The molecule has 1 aromatic heterocycles. The second-order valence-corrected chi connectivity index (χ2v) is 5.41. The summed E-state index contributed by atoms with van der Waals surface area (Å²) in [5.41, 5.74) is 1.15. The first-order valence-electron chi connectivity index (χ1n) is 5.74. The average molecular weight is 265 g/mol. The van der Waals surface area contributed by atoms with E-state index >= 15 is 0 Å². The molecule has 1 amide bonds. The summed E-state index contributed by atoms with van der Waals surface area (Å²) in [4.78, 5) is 16.1. The van der Waals surface area contributed by atoms with Gasteiger partial charge in [0.1, 0.15) is 5.15 Å². The summed E-state index contributed by atoms with van der Waals surface area (Å²) >= 11 is 5.94. The number of carbonyl (C=O) groups is 1. The molecule has 1 aromatic rings. The predicted molar refractivity (Wildman–Crippen MR) is 73.7 cm³/mol. The number of rotatable bonds is 3. The van der Waals surface area contributed by atoms with Crippen molar-refractivity contribution >= 4 is 17.5 Å². The highest BCUT2D eigenvalue weighted by Crippen LogP contribution is 2.23. The van der Waals surface area contributed by atoms with Crippen molar-refractivity contribution in [2.75, 3.05) is 6.54 Å². The summed E-state index contributed by atoms with van der Waals surface area (Å²) in [6.45, 7) is 6.52. The molecule has 1 rings (SSSR count). The van der Waals surface area contributed by atoms with Crippen LogP contribution in [0.1, 0.15) is 43.2 Å². The Kier molecular flexibility index (Phi) is 4.75. The molecule has 0 aliphatic heterocycles. The molecule has 1 heterocycles. The van der Waals surface area contributed by atoms with E-state index in [2.05, 4.69) is 16.2 Å². The molecule has 0 atom stereocenters. The third kappa shape index (κ3) is 4.05. The van der Waals surface area contributed by atoms with Gasteiger partial charge in [0, 0.05) is 29.6 Å². The number of nitrogens with zero attached hydrogens (tertiary/aromatic N) is 1. The Morgan fingerprint density at radius 2 is 2.17 bits per heavy atom. The summed E-state index contributed by atoms with van der Waals surface area (Å²) in [6.07, 6.45) is 5.64. The van der Waals surface area contributed by atoms with E-state index in [1.807, 2.05) is 20.8 Å². The Balaban J connectivity index is 2.93. The van der Waals surface area contributed by atoms with Gasteiger partial charge in [0.05, 0.1) is 0 Å². The quantitative estimate of drug-likeness (QED) is 0.518. The van der Waals surface area contributed by atoms with Crippen LogP contribution in [0.3, 0.4) is 0 Å². The zero-order valence-electron chi connectivity index (χ0n) is 10.9. The van der Waals surface area contributed by atoms with Crippen molar-refractivity contribution in [1.29, 1.82) is 0 Å². The van der Waals surface area contributed by atoms with Gasteiger partial charge in [0.25, 0.3) is 5.91 Å². The number of halogens is 1. The highest BCUT2D eigenvalue weighted by molar-refractivity contribution is 6.29. The Morgan fingerprint density at radius 3 is 2.72 bits per heavy atom. The highest BCUT2D eigenvalue weighted by Gasteiger charge is 2.18. The smallest absolute Gasteiger partial charge is 0.251 e. The van der Waals surface area contributed by atoms with Crippen LogP contribution in [0.15, 0.2) is 12.1 Å². The predicted octanol–water partition coefficient (Wildman–Crippen LogP) is 2.79. The maximum atomic E-state index is 11.9. The molecule has 0 saturated carbocycles. The summed E-state index contributed by atoms with van der Waals surface area (Å²) in [5.74, 6) is 2.29. The largest absolute Gasteiger partial charge is 0.351 e. The summed E-state index contributed by atoms with van der Waals surface area (Å²) in [7, 11) is 0. The lowest BCUT2D eigenvalue weighted by Crippen LogP contribution is -2.25. The van der Waals surface area contributed by atoms with Gasteiger partial charge in [0.15, 0.2) is 0 Å². The SMILES string of the molecule is C#CCCNC(=O)c1cc(Cl)nc(C(C)(C)C)c1. The fraction of sp³-hybridized carbons (Fsp3) is 0.429. The van der Waals surface area contributed by atoms with Gasteiger partial charge in [-0.25, -0.2) is 4.98 Å². The number of nitrogens with one attached hydrogen (secondary N) is 1. The van der Waals surface area contributed by atoms with Gasteiger partial charge in [-0.15, -0.1) is 12.3 Å². The molecule has 0 aliphatic carbocycles. The monoisotopic (exact) mass is 264 g/mol. The molecular weight excluding hydrogens is 248 g/mol. The third-order valence-corrected chi connectivity index (χ3v) is 2.57. The second-order valence-electron chi connectivity index (χ2n) is 5.02. The molecule has 0 unspecified atom stereocenters. The van der Waals surface area contributed by atoms with Crippen LogP contribution in [0.4, 0.5) is 0 Å². The van der Waals surface area contributed by atoms with E-state index in [-0.39, 0.29) is 11.3 Å². The summed E-state index contributed by atoms with van der Waals surface area (Å²) < 4.78 is 0. The maximum absolute atomic E-state index is 11.9. The molecular formula is C14H17ClN2O. The highest BCUT2D eigenvalue weighted by atomic mass is 35.5. The minimum atomic E-state index is -0.181. The summed E-state index contributed by atoms with van der Waals surface area (Å²) in [5, 5.41) is 3.06. The van der Waals surface area contributed by atoms with Gasteiger partial charge in [-0.1, -0.05) is 32.4 Å². The normalized spacial score (nSPS) is 10.8.